The topological polar surface area (TPSA) is 105 Å². The van der Waals surface area contributed by atoms with Gasteiger partial charge in [-0.05, 0) is 38.8 Å². The molecule has 1 aromatic rings. The van der Waals surface area contributed by atoms with E-state index in [0.717, 1.165) is 30.7 Å². The van der Waals surface area contributed by atoms with Gasteiger partial charge < -0.3 is 19.9 Å². The maximum atomic E-state index is 12.5. The van der Waals surface area contributed by atoms with Crippen molar-refractivity contribution in [2.45, 2.75) is 32.8 Å². The molecule has 2 N–H and O–H groups in total. The van der Waals surface area contributed by atoms with E-state index < -0.39 is 18.0 Å². The Morgan fingerprint density at radius 1 is 1.36 bits per heavy atom. The first kappa shape index (κ1) is 22.1. The number of anilines is 1. The smallest absolute Gasteiger partial charge is 0.348 e. The third kappa shape index (κ3) is 5.63. The maximum absolute atomic E-state index is 12.5. The van der Waals surface area contributed by atoms with Crippen LogP contribution in [0.2, 0.25) is 0 Å². The lowest BCUT2D eigenvalue weighted by atomic mass is 10.1. The molecule has 1 fully saturated rings. The van der Waals surface area contributed by atoms with E-state index in [0.29, 0.717) is 12.1 Å². The number of carbonyl (C=O) groups is 3. The van der Waals surface area contributed by atoms with Crippen LogP contribution in [0.25, 0.3) is 0 Å². The van der Waals surface area contributed by atoms with E-state index in [1.54, 1.807) is 13.8 Å². The third-order valence-electron chi connectivity index (χ3n) is 4.24. The van der Waals surface area contributed by atoms with Crippen LogP contribution in [0.5, 0.6) is 0 Å². The molecule has 1 saturated heterocycles. The minimum Gasteiger partial charge on any atom is -0.462 e. The van der Waals surface area contributed by atoms with Gasteiger partial charge >= 0.3 is 11.9 Å². The Kier molecular flexibility index (Phi) is 8.16. The van der Waals surface area contributed by atoms with E-state index in [9.17, 15) is 19.5 Å². The molecule has 0 aliphatic carbocycles. The van der Waals surface area contributed by atoms with Crippen molar-refractivity contribution in [3.8, 4) is 0 Å². The molecule has 0 spiro atoms. The van der Waals surface area contributed by atoms with Gasteiger partial charge in [-0.2, -0.15) is 0 Å². The Bertz CT molecular complexity index is 745. The lowest BCUT2D eigenvalue weighted by Gasteiger charge is -2.29. The van der Waals surface area contributed by atoms with Gasteiger partial charge in [-0.1, -0.05) is 12.7 Å². The molecule has 9 heteroatoms. The summed E-state index contributed by atoms with van der Waals surface area (Å²) in [6.45, 7) is 8.25. The predicted molar refractivity (Wildman–Crippen MR) is 106 cm³/mol. The molecule has 0 bridgehead atoms. The Morgan fingerprint density at radius 2 is 2.11 bits per heavy atom. The minimum absolute atomic E-state index is 0.0455. The summed E-state index contributed by atoms with van der Waals surface area (Å²) < 4.78 is 10.1. The van der Waals surface area contributed by atoms with Gasteiger partial charge in [-0.25, -0.2) is 9.59 Å². The molecule has 1 amide bonds. The highest BCUT2D eigenvalue weighted by atomic mass is 32.1. The molecular formula is C19H26N2O6S. The fourth-order valence-corrected chi connectivity index (χ4v) is 4.09. The van der Waals surface area contributed by atoms with Gasteiger partial charge in [0.25, 0.3) is 0 Å². The SMILES string of the molecule is C=CCOC(=O)c1sc(NC(=O)CN2CCCC(O)C2)c(C(=O)OCC)c1C. The zero-order chi connectivity index (χ0) is 20.7. The summed E-state index contributed by atoms with van der Waals surface area (Å²) in [5.41, 5.74) is 0.561. The van der Waals surface area contributed by atoms with Crippen LogP contribution >= 0.6 is 11.3 Å². The Hall–Kier alpha value is -2.23. The second kappa shape index (κ2) is 10.4. The van der Waals surface area contributed by atoms with Gasteiger partial charge in [-0.3, -0.25) is 9.69 Å². The van der Waals surface area contributed by atoms with Crippen molar-refractivity contribution in [2.75, 3.05) is 38.2 Å². The van der Waals surface area contributed by atoms with Crippen LogP contribution in [0.3, 0.4) is 0 Å². The Labute approximate surface area is 168 Å². The first-order valence-electron chi connectivity index (χ1n) is 9.16. The molecule has 1 aliphatic heterocycles. The van der Waals surface area contributed by atoms with Gasteiger partial charge in [0, 0.05) is 6.54 Å². The van der Waals surface area contributed by atoms with Gasteiger partial charge in [-0.15, -0.1) is 11.3 Å². The third-order valence-corrected chi connectivity index (χ3v) is 5.43. The van der Waals surface area contributed by atoms with Crippen LogP contribution in [-0.2, 0) is 14.3 Å². The lowest BCUT2D eigenvalue weighted by molar-refractivity contribution is -0.118. The normalized spacial score (nSPS) is 17.0. The van der Waals surface area contributed by atoms with Crippen molar-refractivity contribution < 1.29 is 29.0 Å². The van der Waals surface area contributed by atoms with E-state index in [-0.39, 0.29) is 41.1 Å². The zero-order valence-electron chi connectivity index (χ0n) is 16.2. The zero-order valence-corrected chi connectivity index (χ0v) is 17.0. The van der Waals surface area contributed by atoms with Crippen LogP contribution < -0.4 is 5.32 Å². The number of thiophene rings is 1. The molecule has 0 radical (unpaired) electrons. The van der Waals surface area contributed by atoms with Gasteiger partial charge in [0.05, 0.1) is 24.8 Å². The standard InChI is InChI=1S/C19H26N2O6S/c1-4-9-27-19(25)16-12(3)15(18(24)26-5-2)17(28-16)20-14(23)11-21-8-6-7-13(22)10-21/h4,13,22H,1,5-11H2,2-3H3,(H,20,23). The van der Waals surface area contributed by atoms with E-state index in [2.05, 4.69) is 11.9 Å². The van der Waals surface area contributed by atoms with Crippen LogP contribution in [0.15, 0.2) is 12.7 Å². The maximum Gasteiger partial charge on any atom is 0.348 e. The van der Waals surface area contributed by atoms with E-state index in [1.165, 1.54) is 6.08 Å². The first-order chi connectivity index (χ1) is 13.4. The summed E-state index contributed by atoms with van der Waals surface area (Å²) >= 11 is 0.980. The summed E-state index contributed by atoms with van der Waals surface area (Å²) in [4.78, 5) is 39.2. The number of β-amino-alcohol motifs (C(OH)–C–C–N with tert-alkyl or cyclic N) is 1. The average molecular weight is 410 g/mol. The molecule has 1 aliphatic rings. The largest absolute Gasteiger partial charge is 0.462 e. The fourth-order valence-electron chi connectivity index (χ4n) is 2.99. The second-order valence-corrected chi connectivity index (χ2v) is 7.47. The summed E-state index contributed by atoms with van der Waals surface area (Å²) in [6, 6.07) is 0. The number of aliphatic hydroxyl groups excluding tert-OH is 1. The molecule has 2 rings (SSSR count). The van der Waals surface area contributed by atoms with Crippen molar-refractivity contribution >= 4 is 34.2 Å². The molecule has 1 unspecified atom stereocenters. The number of hydrogen-bond acceptors (Lipinski definition) is 8. The highest BCUT2D eigenvalue weighted by Crippen LogP contribution is 2.34. The van der Waals surface area contributed by atoms with Gasteiger partial charge in [0.1, 0.15) is 16.5 Å². The van der Waals surface area contributed by atoms with Crippen molar-refractivity contribution in [3.05, 3.63) is 28.7 Å². The van der Waals surface area contributed by atoms with Crippen LogP contribution in [0.1, 0.15) is 45.4 Å². The fraction of sp³-hybridized carbons (Fsp3) is 0.526. The van der Waals surface area contributed by atoms with E-state index in [1.807, 2.05) is 4.90 Å². The molecule has 0 saturated carbocycles. The summed E-state index contributed by atoms with van der Waals surface area (Å²) in [5.74, 6) is -1.53. The molecule has 1 aromatic heterocycles. The Balaban J connectivity index is 2.20. The number of nitrogens with zero attached hydrogens (tertiary/aromatic N) is 1. The number of hydrogen-bond donors (Lipinski definition) is 2. The van der Waals surface area contributed by atoms with Crippen LogP contribution in [-0.4, -0.2) is 66.8 Å². The summed E-state index contributed by atoms with van der Waals surface area (Å²) in [7, 11) is 0. The molecule has 154 valence electrons. The molecule has 1 atom stereocenters. The molecule has 2 heterocycles. The first-order valence-corrected chi connectivity index (χ1v) is 9.97. The number of aliphatic hydroxyl groups is 1. The highest BCUT2D eigenvalue weighted by molar-refractivity contribution is 7.18. The lowest BCUT2D eigenvalue weighted by Crippen LogP contribution is -2.42. The molecule has 0 aromatic carbocycles. The number of likely N-dealkylation sites (tertiary alicyclic amines) is 1. The van der Waals surface area contributed by atoms with Crippen molar-refractivity contribution in [1.82, 2.24) is 4.90 Å². The molecule has 28 heavy (non-hydrogen) atoms. The predicted octanol–water partition coefficient (Wildman–Crippen LogP) is 1.97. The molecular weight excluding hydrogens is 384 g/mol. The van der Waals surface area contributed by atoms with E-state index >= 15 is 0 Å². The quantitative estimate of drug-likeness (QED) is 0.499. The number of amides is 1. The van der Waals surface area contributed by atoms with Crippen molar-refractivity contribution in [2.24, 2.45) is 0 Å². The van der Waals surface area contributed by atoms with Gasteiger partial charge in [0.15, 0.2) is 0 Å². The number of rotatable bonds is 8. The monoisotopic (exact) mass is 410 g/mol. The van der Waals surface area contributed by atoms with Crippen LogP contribution in [0, 0.1) is 6.92 Å². The summed E-state index contributed by atoms with van der Waals surface area (Å²) in [5, 5.41) is 12.7. The minimum atomic E-state index is -0.609. The highest BCUT2D eigenvalue weighted by Gasteiger charge is 2.28. The second-order valence-electron chi connectivity index (χ2n) is 6.45. The molecule has 8 nitrogen and oxygen atoms in total. The number of piperidine rings is 1. The Morgan fingerprint density at radius 3 is 2.75 bits per heavy atom. The van der Waals surface area contributed by atoms with Crippen molar-refractivity contribution in [1.29, 1.82) is 0 Å². The van der Waals surface area contributed by atoms with E-state index in [4.69, 9.17) is 9.47 Å². The van der Waals surface area contributed by atoms with Gasteiger partial charge in [0.2, 0.25) is 5.91 Å². The van der Waals surface area contributed by atoms with Crippen LogP contribution in [0.4, 0.5) is 5.00 Å². The average Bonchev–Trinajstić information content (AvgIpc) is 2.95. The van der Waals surface area contributed by atoms with Crippen molar-refractivity contribution in [3.63, 3.8) is 0 Å². The number of esters is 2. The number of ether oxygens (including phenoxy) is 2. The number of nitrogens with one attached hydrogen (secondary N) is 1. The summed E-state index contributed by atoms with van der Waals surface area (Å²) in [6.07, 6.45) is 2.56. The number of carbonyl (C=O) groups excluding carboxylic acids is 3.